The molecule has 0 saturated heterocycles. The second kappa shape index (κ2) is 5.93. The summed E-state index contributed by atoms with van der Waals surface area (Å²) >= 11 is 1.60. The highest BCUT2D eigenvalue weighted by Gasteiger charge is 2.19. The summed E-state index contributed by atoms with van der Waals surface area (Å²) in [4.78, 5) is 18.7. The molecular formula is C14H15FN2OS. The molecule has 0 radical (unpaired) electrons. The molecule has 0 aliphatic heterocycles. The number of hydrogen-bond donors (Lipinski definition) is 0. The first-order chi connectivity index (χ1) is 9.08. The number of rotatable bonds is 4. The fourth-order valence-corrected chi connectivity index (χ4v) is 2.46. The molecule has 0 fully saturated rings. The number of thiophene rings is 1. The highest BCUT2D eigenvalue weighted by Crippen LogP contribution is 2.16. The minimum atomic E-state index is -0.634. The van der Waals surface area contributed by atoms with Crippen LogP contribution in [0.1, 0.15) is 29.1 Å². The first kappa shape index (κ1) is 13.7. The molecule has 0 aliphatic carbocycles. The number of carbonyl (C=O) groups is 1. The Bertz CT molecular complexity index is 554. The van der Waals surface area contributed by atoms with E-state index in [0.29, 0.717) is 12.1 Å². The van der Waals surface area contributed by atoms with Crippen molar-refractivity contribution >= 4 is 17.2 Å². The minimum Gasteiger partial charge on any atom is -0.331 e. The van der Waals surface area contributed by atoms with Crippen LogP contribution in [0.25, 0.3) is 0 Å². The second-order valence-corrected chi connectivity index (χ2v) is 5.51. The maximum absolute atomic E-state index is 13.1. The smallest absolute Gasteiger partial charge is 0.254 e. The average molecular weight is 278 g/mol. The molecule has 0 atom stereocenters. The summed E-state index contributed by atoms with van der Waals surface area (Å²) in [6, 6.07) is 6.70. The van der Waals surface area contributed by atoms with Gasteiger partial charge in [0, 0.05) is 28.7 Å². The van der Waals surface area contributed by atoms with Crippen LogP contribution in [0.4, 0.5) is 4.39 Å². The van der Waals surface area contributed by atoms with Crippen LogP contribution in [0, 0.1) is 5.95 Å². The lowest BCUT2D eigenvalue weighted by atomic mass is 10.2. The summed E-state index contributed by atoms with van der Waals surface area (Å²) in [5.41, 5.74) is 0.331. The molecule has 0 saturated carbocycles. The molecule has 2 heterocycles. The Morgan fingerprint density at radius 3 is 2.84 bits per heavy atom. The topological polar surface area (TPSA) is 33.2 Å². The average Bonchev–Trinajstić information content (AvgIpc) is 2.87. The van der Waals surface area contributed by atoms with Crippen molar-refractivity contribution in [3.8, 4) is 0 Å². The van der Waals surface area contributed by atoms with E-state index in [2.05, 4.69) is 4.98 Å². The van der Waals surface area contributed by atoms with Crippen LogP contribution in [0.15, 0.2) is 35.8 Å². The van der Waals surface area contributed by atoms with E-state index < -0.39 is 5.95 Å². The van der Waals surface area contributed by atoms with Crippen molar-refractivity contribution in [2.75, 3.05) is 0 Å². The van der Waals surface area contributed by atoms with E-state index in [-0.39, 0.29) is 11.9 Å². The van der Waals surface area contributed by atoms with Crippen LogP contribution in [-0.2, 0) is 6.54 Å². The highest BCUT2D eigenvalue weighted by atomic mass is 32.1. The van der Waals surface area contributed by atoms with Crippen LogP contribution < -0.4 is 0 Å². The molecule has 2 aromatic rings. The highest BCUT2D eigenvalue weighted by molar-refractivity contribution is 7.09. The van der Waals surface area contributed by atoms with Gasteiger partial charge in [-0.25, -0.2) is 4.98 Å². The Hall–Kier alpha value is -1.75. The summed E-state index contributed by atoms with van der Waals surface area (Å²) in [5, 5.41) is 1.98. The Morgan fingerprint density at radius 1 is 1.47 bits per heavy atom. The molecule has 0 aliphatic rings. The van der Waals surface area contributed by atoms with Gasteiger partial charge in [0.2, 0.25) is 5.95 Å². The molecular weight excluding hydrogens is 263 g/mol. The molecule has 5 heteroatoms. The summed E-state index contributed by atoms with van der Waals surface area (Å²) < 4.78 is 13.1. The lowest BCUT2D eigenvalue weighted by Crippen LogP contribution is -2.36. The third kappa shape index (κ3) is 3.38. The van der Waals surface area contributed by atoms with Crippen molar-refractivity contribution in [2.24, 2.45) is 0 Å². The maximum Gasteiger partial charge on any atom is 0.254 e. The van der Waals surface area contributed by atoms with Crippen LogP contribution >= 0.6 is 11.3 Å². The van der Waals surface area contributed by atoms with Gasteiger partial charge in [-0.05, 0) is 31.4 Å². The van der Waals surface area contributed by atoms with E-state index in [1.54, 1.807) is 16.2 Å². The number of aromatic nitrogens is 1. The van der Waals surface area contributed by atoms with Crippen molar-refractivity contribution in [3.63, 3.8) is 0 Å². The van der Waals surface area contributed by atoms with E-state index in [9.17, 15) is 9.18 Å². The SMILES string of the molecule is CC(C)N(Cc1cccs1)C(=O)c1ccnc(F)c1. The lowest BCUT2D eigenvalue weighted by Gasteiger charge is -2.26. The van der Waals surface area contributed by atoms with Gasteiger partial charge in [-0.2, -0.15) is 4.39 Å². The van der Waals surface area contributed by atoms with Crippen molar-refractivity contribution in [1.29, 1.82) is 0 Å². The fraction of sp³-hybridized carbons (Fsp3) is 0.286. The molecule has 1 amide bonds. The Balaban J connectivity index is 2.21. The van der Waals surface area contributed by atoms with Gasteiger partial charge in [0.25, 0.3) is 5.91 Å². The van der Waals surface area contributed by atoms with Crippen LogP contribution in [-0.4, -0.2) is 21.8 Å². The van der Waals surface area contributed by atoms with Crippen molar-refractivity contribution in [2.45, 2.75) is 26.4 Å². The zero-order valence-electron chi connectivity index (χ0n) is 10.8. The van der Waals surface area contributed by atoms with Crippen LogP contribution in [0.3, 0.4) is 0 Å². The monoisotopic (exact) mass is 278 g/mol. The Kier molecular flexibility index (Phi) is 4.27. The number of hydrogen-bond acceptors (Lipinski definition) is 3. The molecule has 2 rings (SSSR count). The van der Waals surface area contributed by atoms with Gasteiger partial charge in [0.05, 0.1) is 6.54 Å². The Morgan fingerprint density at radius 2 is 2.26 bits per heavy atom. The van der Waals surface area contributed by atoms with E-state index in [1.807, 2.05) is 31.4 Å². The second-order valence-electron chi connectivity index (χ2n) is 4.47. The molecule has 0 unspecified atom stereocenters. The number of nitrogens with zero attached hydrogens (tertiary/aromatic N) is 2. The third-order valence-corrected chi connectivity index (χ3v) is 3.63. The molecule has 0 aromatic carbocycles. The summed E-state index contributed by atoms with van der Waals surface area (Å²) in [5.74, 6) is -0.810. The van der Waals surface area contributed by atoms with Gasteiger partial charge in [0.1, 0.15) is 0 Å². The normalized spacial score (nSPS) is 10.7. The summed E-state index contributed by atoms with van der Waals surface area (Å²) in [7, 11) is 0. The molecule has 0 N–H and O–H groups in total. The molecule has 0 spiro atoms. The third-order valence-electron chi connectivity index (χ3n) is 2.76. The number of pyridine rings is 1. The quantitative estimate of drug-likeness (QED) is 0.804. The fourth-order valence-electron chi connectivity index (χ4n) is 1.76. The summed E-state index contributed by atoms with van der Waals surface area (Å²) in [6.45, 7) is 4.43. The first-order valence-corrected chi connectivity index (χ1v) is 6.91. The molecule has 2 aromatic heterocycles. The van der Waals surface area contributed by atoms with Gasteiger partial charge < -0.3 is 4.90 Å². The largest absolute Gasteiger partial charge is 0.331 e. The maximum atomic E-state index is 13.1. The van der Waals surface area contributed by atoms with Gasteiger partial charge in [-0.15, -0.1) is 11.3 Å². The van der Waals surface area contributed by atoms with E-state index in [1.165, 1.54) is 18.3 Å². The minimum absolute atomic E-state index is 0.0471. The van der Waals surface area contributed by atoms with Crippen LogP contribution in [0.5, 0.6) is 0 Å². The van der Waals surface area contributed by atoms with Gasteiger partial charge in [-0.1, -0.05) is 6.07 Å². The van der Waals surface area contributed by atoms with Crippen molar-refractivity contribution in [1.82, 2.24) is 9.88 Å². The zero-order valence-corrected chi connectivity index (χ0v) is 11.7. The first-order valence-electron chi connectivity index (χ1n) is 6.03. The lowest BCUT2D eigenvalue weighted by molar-refractivity contribution is 0.0691. The van der Waals surface area contributed by atoms with Crippen molar-refractivity contribution < 1.29 is 9.18 Å². The van der Waals surface area contributed by atoms with E-state index >= 15 is 0 Å². The van der Waals surface area contributed by atoms with Crippen molar-refractivity contribution in [3.05, 3.63) is 52.2 Å². The number of amides is 1. The number of carbonyl (C=O) groups excluding carboxylic acids is 1. The van der Waals surface area contributed by atoms with E-state index in [0.717, 1.165) is 4.88 Å². The van der Waals surface area contributed by atoms with E-state index in [4.69, 9.17) is 0 Å². The summed E-state index contributed by atoms with van der Waals surface area (Å²) in [6.07, 6.45) is 1.31. The molecule has 100 valence electrons. The standard InChI is InChI=1S/C14H15FN2OS/c1-10(2)17(9-12-4-3-7-19-12)14(18)11-5-6-16-13(15)8-11/h3-8,10H,9H2,1-2H3. The Labute approximate surface area is 115 Å². The van der Waals surface area contributed by atoms with Crippen LogP contribution in [0.2, 0.25) is 0 Å². The molecule has 3 nitrogen and oxygen atoms in total. The van der Waals surface area contributed by atoms with Gasteiger partial charge in [-0.3, -0.25) is 4.79 Å². The predicted octanol–water partition coefficient (Wildman–Crippen LogP) is 3.33. The van der Waals surface area contributed by atoms with Gasteiger partial charge >= 0.3 is 0 Å². The number of halogens is 1. The van der Waals surface area contributed by atoms with Gasteiger partial charge in [0.15, 0.2) is 0 Å². The molecule has 0 bridgehead atoms. The molecule has 19 heavy (non-hydrogen) atoms. The zero-order chi connectivity index (χ0) is 13.8. The predicted molar refractivity (Wildman–Crippen MR) is 73.5 cm³/mol.